The molecule has 3 N–H and O–H groups in total. The summed E-state index contributed by atoms with van der Waals surface area (Å²) in [6, 6.07) is 10.4. The number of nitrogens with two attached hydrogens (primary N) is 1. The fraction of sp³-hybridized carbons (Fsp3) is 0.471. The molecule has 0 unspecified atom stereocenters. The first kappa shape index (κ1) is 15.6. The minimum absolute atomic E-state index is 0.0156. The molecule has 0 spiro atoms. The molecule has 1 amide bonds. The number of benzene rings is 1. The van der Waals surface area contributed by atoms with Gasteiger partial charge in [0.2, 0.25) is 0 Å². The lowest BCUT2D eigenvalue weighted by molar-refractivity contribution is 0.0590. The highest BCUT2D eigenvalue weighted by atomic mass is 16.6. The fourth-order valence-corrected chi connectivity index (χ4v) is 3.01. The first-order valence-corrected chi connectivity index (χ1v) is 7.51. The normalized spacial score (nSPS) is 25.1. The highest BCUT2D eigenvalue weighted by molar-refractivity contribution is 5.67. The molecule has 114 valence electrons. The van der Waals surface area contributed by atoms with E-state index in [2.05, 4.69) is 36.2 Å². The maximum atomic E-state index is 11.6. The number of alkyl carbamates (subject to hydrolysis) is 1. The molecular formula is C17H24N2O2. The molecule has 1 aliphatic rings. The van der Waals surface area contributed by atoms with Crippen LogP contribution in [0.15, 0.2) is 43.0 Å². The van der Waals surface area contributed by atoms with Gasteiger partial charge in [-0.25, -0.2) is 4.79 Å². The Kier molecular flexibility index (Phi) is 5.39. The Labute approximate surface area is 126 Å². The summed E-state index contributed by atoms with van der Waals surface area (Å²) in [5, 5.41) is 2.64. The maximum Gasteiger partial charge on any atom is 0.407 e. The Morgan fingerprint density at radius 2 is 2.05 bits per heavy atom. The van der Waals surface area contributed by atoms with Crippen molar-refractivity contribution < 1.29 is 9.53 Å². The second kappa shape index (κ2) is 7.27. The molecule has 0 saturated heterocycles. The minimum Gasteiger partial charge on any atom is -0.446 e. The molecule has 1 aliphatic carbocycles. The van der Waals surface area contributed by atoms with E-state index < -0.39 is 0 Å². The third-order valence-corrected chi connectivity index (χ3v) is 4.33. The molecule has 4 nitrogen and oxygen atoms in total. The van der Waals surface area contributed by atoms with Crippen LogP contribution >= 0.6 is 0 Å². The van der Waals surface area contributed by atoms with Gasteiger partial charge in [-0.05, 0) is 31.2 Å². The van der Waals surface area contributed by atoms with E-state index >= 15 is 0 Å². The van der Waals surface area contributed by atoms with Gasteiger partial charge in [-0.15, -0.1) is 6.58 Å². The van der Waals surface area contributed by atoms with Gasteiger partial charge in [0.15, 0.2) is 0 Å². The van der Waals surface area contributed by atoms with E-state index in [9.17, 15) is 4.79 Å². The lowest BCUT2D eigenvalue weighted by atomic mass is 9.69. The number of carbonyl (C=O) groups excluding carboxylic acids is 1. The summed E-state index contributed by atoms with van der Waals surface area (Å²) in [6.45, 7) is 4.62. The van der Waals surface area contributed by atoms with Crippen molar-refractivity contribution in [1.29, 1.82) is 0 Å². The number of carbonyl (C=O) groups is 1. The summed E-state index contributed by atoms with van der Waals surface area (Å²) in [6.07, 6.45) is 4.87. The van der Waals surface area contributed by atoms with Gasteiger partial charge in [-0.1, -0.05) is 36.4 Å². The van der Waals surface area contributed by atoms with Gasteiger partial charge < -0.3 is 15.8 Å². The zero-order valence-corrected chi connectivity index (χ0v) is 12.4. The number of ether oxygens (including phenoxy) is 1. The topological polar surface area (TPSA) is 64.3 Å². The van der Waals surface area contributed by atoms with Crippen molar-refractivity contribution >= 4 is 6.09 Å². The number of rotatable bonds is 5. The molecule has 1 saturated carbocycles. The summed E-state index contributed by atoms with van der Waals surface area (Å²) in [7, 11) is 0. The van der Waals surface area contributed by atoms with Gasteiger partial charge in [-0.2, -0.15) is 0 Å². The van der Waals surface area contributed by atoms with Crippen LogP contribution in [0.25, 0.3) is 0 Å². The first-order chi connectivity index (χ1) is 10.2. The molecule has 0 bridgehead atoms. The summed E-state index contributed by atoms with van der Waals surface area (Å²) in [4.78, 5) is 11.6. The van der Waals surface area contributed by atoms with Gasteiger partial charge in [0, 0.05) is 18.5 Å². The standard InChI is InChI=1S/C17H24N2O2/c1-2-12-19-16(20)21-15-8-10-17(13-18,11-9-15)14-6-4-3-5-7-14/h2-7,15H,1,8-13,18H2,(H,19,20)/t15-,17+. The summed E-state index contributed by atoms with van der Waals surface area (Å²) >= 11 is 0. The molecule has 0 atom stereocenters. The van der Waals surface area contributed by atoms with E-state index in [1.165, 1.54) is 5.56 Å². The predicted molar refractivity (Wildman–Crippen MR) is 84.1 cm³/mol. The average Bonchev–Trinajstić information content (AvgIpc) is 2.55. The van der Waals surface area contributed by atoms with Crippen LogP contribution < -0.4 is 11.1 Å². The Balaban J connectivity index is 1.92. The van der Waals surface area contributed by atoms with Crippen molar-refractivity contribution in [2.24, 2.45) is 5.73 Å². The van der Waals surface area contributed by atoms with Crippen molar-refractivity contribution in [2.45, 2.75) is 37.2 Å². The molecule has 1 fully saturated rings. The van der Waals surface area contributed by atoms with Crippen LogP contribution in [-0.4, -0.2) is 25.3 Å². The van der Waals surface area contributed by atoms with Crippen LogP contribution in [0.3, 0.4) is 0 Å². The number of hydrogen-bond acceptors (Lipinski definition) is 3. The van der Waals surface area contributed by atoms with Gasteiger partial charge in [0.1, 0.15) is 6.10 Å². The van der Waals surface area contributed by atoms with E-state index in [0.29, 0.717) is 13.1 Å². The minimum atomic E-state index is -0.361. The predicted octanol–water partition coefficient (Wildman–Crippen LogP) is 2.74. The second-order valence-corrected chi connectivity index (χ2v) is 5.62. The number of amides is 1. The third-order valence-electron chi connectivity index (χ3n) is 4.33. The van der Waals surface area contributed by atoms with E-state index in [1.807, 2.05) is 6.07 Å². The van der Waals surface area contributed by atoms with Gasteiger partial charge in [0.05, 0.1) is 0 Å². The number of nitrogens with one attached hydrogen (secondary N) is 1. The van der Waals surface area contributed by atoms with Crippen LogP contribution in [0.2, 0.25) is 0 Å². The van der Waals surface area contributed by atoms with Crippen molar-refractivity contribution in [3.05, 3.63) is 48.6 Å². The number of hydrogen-bond donors (Lipinski definition) is 2. The highest BCUT2D eigenvalue weighted by Gasteiger charge is 2.36. The Hall–Kier alpha value is -1.81. The van der Waals surface area contributed by atoms with E-state index in [4.69, 9.17) is 10.5 Å². The van der Waals surface area contributed by atoms with Crippen LogP contribution in [0.5, 0.6) is 0 Å². The Bertz CT molecular complexity index is 465. The molecule has 0 aliphatic heterocycles. The average molecular weight is 288 g/mol. The summed E-state index contributed by atoms with van der Waals surface area (Å²) in [5.74, 6) is 0. The molecule has 0 aromatic heterocycles. The Morgan fingerprint density at radius 1 is 1.38 bits per heavy atom. The lowest BCUT2D eigenvalue weighted by Gasteiger charge is -2.39. The molecule has 0 heterocycles. The molecule has 0 radical (unpaired) electrons. The smallest absolute Gasteiger partial charge is 0.407 e. The molecular weight excluding hydrogens is 264 g/mol. The molecule has 1 aromatic carbocycles. The van der Waals surface area contributed by atoms with Crippen LogP contribution in [0.1, 0.15) is 31.2 Å². The molecule has 4 heteroatoms. The van der Waals surface area contributed by atoms with Crippen molar-refractivity contribution in [3.8, 4) is 0 Å². The van der Waals surface area contributed by atoms with E-state index in [-0.39, 0.29) is 17.6 Å². The zero-order chi connectivity index (χ0) is 15.1. The van der Waals surface area contributed by atoms with E-state index in [1.54, 1.807) is 6.08 Å². The summed E-state index contributed by atoms with van der Waals surface area (Å²) < 4.78 is 5.43. The quantitative estimate of drug-likeness (QED) is 0.819. The van der Waals surface area contributed by atoms with Crippen molar-refractivity contribution in [2.75, 3.05) is 13.1 Å². The van der Waals surface area contributed by atoms with Crippen LogP contribution in [-0.2, 0) is 10.2 Å². The molecule has 21 heavy (non-hydrogen) atoms. The fourth-order valence-electron chi connectivity index (χ4n) is 3.01. The zero-order valence-electron chi connectivity index (χ0n) is 12.4. The maximum absolute atomic E-state index is 11.6. The summed E-state index contributed by atoms with van der Waals surface area (Å²) in [5.41, 5.74) is 7.37. The van der Waals surface area contributed by atoms with Crippen molar-refractivity contribution in [3.63, 3.8) is 0 Å². The largest absolute Gasteiger partial charge is 0.446 e. The van der Waals surface area contributed by atoms with Gasteiger partial charge in [-0.3, -0.25) is 0 Å². The SMILES string of the molecule is C=CCNC(=O)O[C@H]1CC[C@@](CN)(c2ccccc2)CC1. The van der Waals surface area contributed by atoms with Gasteiger partial charge in [0.25, 0.3) is 0 Å². The molecule has 2 rings (SSSR count). The second-order valence-electron chi connectivity index (χ2n) is 5.62. The Morgan fingerprint density at radius 3 is 2.62 bits per heavy atom. The van der Waals surface area contributed by atoms with Crippen LogP contribution in [0, 0.1) is 0 Å². The lowest BCUT2D eigenvalue weighted by Crippen LogP contribution is -2.41. The third kappa shape index (κ3) is 3.85. The first-order valence-electron chi connectivity index (χ1n) is 7.51. The van der Waals surface area contributed by atoms with Gasteiger partial charge >= 0.3 is 6.09 Å². The highest BCUT2D eigenvalue weighted by Crippen LogP contribution is 2.39. The monoisotopic (exact) mass is 288 g/mol. The van der Waals surface area contributed by atoms with Crippen LogP contribution in [0.4, 0.5) is 4.79 Å². The van der Waals surface area contributed by atoms with E-state index in [0.717, 1.165) is 25.7 Å². The van der Waals surface area contributed by atoms with Crippen molar-refractivity contribution in [1.82, 2.24) is 5.32 Å². The molecule has 1 aromatic rings.